The molecule has 1 saturated carbocycles. The van der Waals surface area contributed by atoms with Gasteiger partial charge in [0.25, 0.3) is 0 Å². The van der Waals surface area contributed by atoms with Crippen LogP contribution in [0.5, 0.6) is 5.75 Å². The molecule has 110 valence electrons. The fourth-order valence-corrected chi connectivity index (χ4v) is 2.70. The van der Waals surface area contributed by atoms with Crippen LogP contribution < -0.4 is 4.74 Å². The first-order chi connectivity index (χ1) is 9.52. The van der Waals surface area contributed by atoms with Crippen LogP contribution in [-0.2, 0) is 11.2 Å². The van der Waals surface area contributed by atoms with Crippen molar-refractivity contribution >= 4 is 5.97 Å². The highest BCUT2D eigenvalue weighted by atomic mass is 16.5. The fourth-order valence-electron chi connectivity index (χ4n) is 2.70. The standard InChI is InChI=1S/C17H24O3/c1-4-7-20-16-9-11(2)13(8-12(16)3)5-6-14-10-15(14)17(18)19/h8-9,14-15H,4-7,10H2,1-3H3,(H,18,19). The molecule has 1 aliphatic rings. The lowest BCUT2D eigenvalue weighted by Crippen LogP contribution is -2.02. The van der Waals surface area contributed by atoms with Crippen molar-refractivity contribution in [3.8, 4) is 5.75 Å². The van der Waals surface area contributed by atoms with E-state index < -0.39 is 5.97 Å². The minimum Gasteiger partial charge on any atom is -0.493 e. The molecular formula is C17H24O3. The lowest BCUT2D eigenvalue weighted by Gasteiger charge is -2.13. The Labute approximate surface area is 121 Å². The summed E-state index contributed by atoms with van der Waals surface area (Å²) in [6.07, 6.45) is 3.81. The van der Waals surface area contributed by atoms with Crippen LogP contribution in [0.3, 0.4) is 0 Å². The van der Waals surface area contributed by atoms with Gasteiger partial charge in [-0.1, -0.05) is 13.0 Å². The van der Waals surface area contributed by atoms with Crippen LogP contribution >= 0.6 is 0 Å². The first kappa shape index (κ1) is 14.9. The lowest BCUT2D eigenvalue weighted by atomic mass is 9.99. The second-order valence-corrected chi connectivity index (χ2v) is 5.87. The van der Waals surface area contributed by atoms with Crippen LogP contribution in [0.25, 0.3) is 0 Å². The number of aryl methyl sites for hydroxylation is 3. The maximum atomic E-state index is 10.8. The van der Waals surface area contributed by atoms with Gasteiger partial charge in [-0.3, -0.25) is 4.79 Å². The molecule has 3 heteroatoms. The van der Waals surface area contributed by atoms with Crippen molar-refractivity contribution in [2.45, 2.75) is 46.5 Å². The minimum absolute atomic E-state index is 0.0939. The lowest BCUT2D eigenvalue weighted by molar-refractivity contribution is -0.138. The minimum atomic E-state index is -0.633. The Hall–Kier alpha value is -1.51. The largest absolute Gasteiger partial charge is 0.493 e. The van der Waals surface area contributed by atoms with Gasteiger partial charge in [-0.25, -0.2) is 0 Å². The quantitative estimate of drug-likeness (QED) is 0.825. The van der Waals surface area contributed by atoms with E-state index in [0.29, 0.717) is 5.92 Å². The third-order valence-electron chi connectivity index (χ3n) is 4.12. The molecule has 1 aromatic carbocycles. The van der Waals surface area contributed by atoms with Crippen LogP contribution in [0.2, 0.25) is 0 Å². The molecule has 1 N–H and O–H groups in total. The molecule has 2 rings (SSSR count). The number of hydrogen-bond acceptors (Lipinski definition) is 2. The zero-order valence-electron chi connectivity index (χ0n) is 12.6. The zero-order chi connectivity index (χ0) is 14.7. The Balaban J connectivity index is 1.95. The van der Waals surface area contributed by atoms with Crippen LogP contribution in [0.1, 0.15) is 42.9 Å². The van der Waals surface area contributed by atoms with Crippen molar-refractivity contribution in [3.05, 3.63) is 28.8 Å². The Bertz CT molecular complexity index is 493. The first-order valence-corrected chi connectivity index (χ1v) is 7.48. The van der Waals surface area contributed by atoms with Crippen LogP contribution in [0, 0.1) is 25.7 Å². The third-order valence-corrected chi connectivity index (χ3v) is 4.12. The van der Waals surface area contributed by atoms with E-state index in [9.17, 15) is 4.79 Å². The van der Waals surface area contributed by atoms with Gasteiger partial charge in [0.05, 0.1) is 12.5 Å². The van der Waals surface area contributed by atoms with Gasteiger partial charge < -0.3 is 9.84 Å². The summed E-state index contributed by atoms with van der Waals surface area (Å²) in [6, 6.07) is 4.31. The molecule has 0 bridgehead atoms. The summed E-state index contributed by atoms with van der Waals surface area (Å²) < 4.78 is 5.73. The number of benzene rings is 1. The average Bonchev–Trinajstić information content (AvgIpc) is 3.17. The number of rotatable bonds is 7. The maximum absolute atomic E-state index is 10.8. The topological polar surface area (TPSA) is 46.5 Å². The summed E-state index contributed by atoms with van der Waals surface area (Å²) in [4.78, 5) is 10.8. The maximum Gasteiger partial charge on any atom is 0.306 e. The van der Waals surface area contributed by atoms with Gasteiger partial charge in [0.2, 0.25) is 0 Å². The van der Waals surface area contributed by atoms with Crippen molar-refractivity contribution in [1.29, 1.82) is 0 Å². The predicted octanol–water partition coefficient (Wildman–Crippen LogP) is 3.75. The Morgan fingerprint density at radius 2 is 2.10 bits per heavy atom. The van der Waals surface area contributed by atoms with E-state index in [1.807, 2.05) is 0 Å². The molecule has 0 aliphatic heterocycles. The van der Waals surface area contributed by atoms with Gasteiger partial charge in [-0.05, 0) is 68.2 Å². The zero-order valence-corrected chi connectivity index (χ0v) is 12.6. The number of carboxylic acids is 1. The van der Waals surface area contributed by atoms with Gasteiger partial charge in [0, 0.05) is 0 Å². The summed E-state index contributed by atoms with van der Waals surface area (Å²) in [5.74, 6) is 0.626. The Morgan fingerprint density at radius 3 is 2.70 bits per heavy atom. The van der Waals surface area contributed by atoms with Crippen LogP contribution in [0.15, 0.2) is 12.1 Å². The smallest absolute Gasteiger partial charge is 0.306 e. The van der Waals surface area contributed by atoms with E-state index in [2.05, 4.69) is 32.9 Å². The molecule has 0 spiro atoms. The van der Waals surface area contributed by atoms with Gasteiger partial charge in [-0.2, -0.15) is 0 Å². The Morgan fingerprint density at radius 1 is 1.35 bits per heavy atom. The number of carboxylic acid groups (broad SMARTS) is 1. The van der Waals surface area contributed by atoms with E-state index in [0.717, 1.165) is 38.0 Å². The summed E-state index contributed by atoms with van der Waals surface area (Å²) in [7, 11) is 0. The number of carbonyl (C=O) groups is 1. The highest BCUT2D eigenvalue weighted by molar-refractivity contribution is 5.73. The molecule has 0 aromatic heterocycles. The molecule has 3 nitrogen and oxygen atoms in total. The number of aliphatic carboxylic acids is 1. The summed E-state index contributed by atoms with van der Waals surface area (Å²) in [5.41, 5.74) is 3.74. The second kappa shape index (κ2) is 6.29. The normalized spacial score (nSPS) is 20.8. The fraction of sp³-hybridized carbons (Fsp3) is 0.588. The molecule has 2 unspecified atom stereocenters. The van der Waals surface area contributed by atoms with Crippen molar-refractivity contribution < 1.29 is 14.6 Å². The first-order valence-electron chi connectivity index (χ1n) is 7.48. The van der Waals surface area contributed by atoms with E-state index in [-0.39, 0.29) is 5.92 Å². The van der Waals surface area contributed by atoms with Gasteiger partial charge in [0.1, 0.15) is 5.75 Å². The van der Waals surface area contributed by atoms with E-state index in [4.69, 9.17) is 9.84 Å². The molecule has 0 radical (unpaired) electrons. The average molecular weight is 276 g/mol. The van der Waals surface area contributed by atoms with Crippen molar-refractivity contribution in [2.75, 3.05) is 6.61 Å². The van der Waals surface area contributed by atoms with Gasteiger partial charge in [0.15, 0.2) is 0 Å². The highest BCUT2D eigenvalue weighted by Gasteiger charge is 2.42. The monoisotopic (exact) mass is 276 g/mol. The molecule has 1 fully saturated rings. The van der Waals surface area contributed by atoms with Gasteiger partial charge in [-0.15, -0.1) is 0 Å². The second-order valence-electron chi connectivity index (χ2n) is 5.87. The van der Waals surface area contributed by atoms with Gasteiger partial charge >= 0.3 is 5.97 Å². The van der Waals surface area contributed by atoms with E-state index in [1.54, 1.807) is 0 Å². The summed E-state index contributed by atoms with van der Waals surface area (Å²) in [6.45, 7) is 7.04. The summed E-state index contributed by atoms with van der Waals surface area (Å²) >= 11 is 0. The predicted molar refractivity (Wildman–Crippen MR) is 79.3 cm³/mol. The number of ether oxygens (including phenoxy) is 1. The number of hydrogen-bond donors (Lipinski definition) is 1. The van der Waals surface area contributed by atoms with Crippen LogP contribution in [-0.4, -0.2) is 17.7 Å². The van der Waals surface area contributed by atoms with Crippen LogP contribution in [0.4, 0.5) is 0 Å². The Kier molecular flexibility index (Phi) is 4.69. The van der Waals surface area contributed by atoms with E-state index >= 15 is 0 Å². The van der Waals surface area contributed by atoms with Crippen molar-refractivity contribution in [2.24, 2.45) is 11.8 Å². The third kappa shape index (κ3) is 3.53. The molecule has 0 heterocycles. The molecule has 0 saturated heterocycles. The highest BCUT2D eigenvalue weighted by Crippen LogP contribution is 2.42. The van der Waals surface area contributed by atoms with Crippen molar-refractivity contribution in [3.63, 3.8) is 0 Å². The molecule has 2 atom stereocenters. The molecule has 0 amide bonds. The molecule has 1 aliphatic carbocycles. The van der Waals surface area contributed by atoms with Crippen molar-refractivity contribution in [1.82, 2.24) is 0 Å². The SMILES string of the molecule is CCCOc1cc(C)c(CCC2CC2C(=O)O)cc1C. The molecule has 20 heavy (non-hydrogen) atoms. The van der Waals surface area contributed by atoms with E-state index in [1.165, 1.54) is 16.7 Å². The molecule has 1 aromatic rings. The molecular weight excluding hydrogens is 252 g/mol. The summed E-state index contributed by atoms with van der Waals surface area (Å²) in [5, 5.41) is 8.92.